The van der Waals surface area contributed by atoms with Gasteiger partial charge in [-0.15, -0.1) is 0 Å². The number of hydrogen-bond acceptors (Lipinski definition) is 4. The summed E-state index contributed by atoms with van der Waals surface area (Å²) in [6.07, 6.45) is 1.21. The van der Waals surface area contributed by atoms with Crippen LogP contribution in [0.25, 0.3) is 0 Å². The molecule has 1 amide bonds. The van der Waals surface area contributed by atoms with Crippen LogP contribution in [0.5, 0.6) is 5.75 Å². The van der Waals surface area contributed by atoms with Crippen molar-refractivity contribution in [3.63, 3.8) is 0 Å². The smallest absolute Gasteiger partial charge is 0.408 e. The molecule has 0 heterocycles. The van der Waals surface area contributed by atoms with E-state index in [0.29, 0.717) is 19.1 Å². The highest BCUT2D eigenvalue weighted by molar-refractivity contribution is 5.73. The lowest BCUT2D eigenvalue weighted by molar-refractivity contribution is -0.109. The number of benzene rings is 1. The number of ether oxygens (including phenoxy) is 1. The number of aldehydes is 1. The lowest BCUT2D eigenvalue weighted by Gasteiger charge is -2.21. The molecule has 0 aliphatic carbocycles. The Kier molecular flexibility index (Phi) is 5.55. The van der Waals surface area contributed by atoms with Crippen molar-refractivity contribution >= 4 is 12.4 Å². The lowest BCUT2D eigenvalue weighted by Crippen LogP contribution is -2.40. The molecule has 0 saturated carbocycles. The number of phenols is 1. The van der Waals surface area contributed by atoms with E-state index in [1.54, 1.807) is 45.0 Å². The molecule has 0 bridgehead atoms. The van der Waals surface area contributed by atoms with Crippen molar-refractivity contribution < 1.29 is 19.4 Å². The third-order valence-corrected chi connectivity index (χ3v) is 2.55. The van der Waals surface area contributed by atoms with Crippen molar-refractivity contribution in [2.45, 2.75) is 45.3 Å². The summed E-state index contributed by atoms with van der Waals surface area (Å²) in [4.78, 5) is 22.5. The van der Waals surface area contributed by atoms with Crippen molar-refractivity contribution in [1.29, 1.82) is 0 Å². The fourth-order valence-electron chi connectivity index (χ4n) is 1.62. The van der Waals surface area contributed by atoms with Crippen LogP contribution in [0.15, 0.2) is 24.3 Å². The predicted octanol–water partition coefficient (Wildman–Crippen LogP) is 2.42. The zero-order valence-corrected chi connectivity index (χ0v) is 12.1. The topological polar surface area (TPSA) is 75.6 Å². The van der Waals surface area contributed by atoms with Gasteiger partial charge in [0.2, 0.25) is 0 Å². The fourth-order valence-corrected chi connectivity index (χ4v) is 1.62. The van der Waals surface area contributed by atoms with E-state index in [2.05, 4.69) is 5.32 Å². The molecule has 5 nitrogen and oxygen atoms in total. The molecule has 1 aromatic rings. The number of nitrogens with one attached hydrogen (secondary N) is 1. The monoisotopic (exact) mass is 279 g/mol. The largest absolute Gasteiger partial charge is 0.508 e. The number of alkyl carbamates (subject to hydrolysis) is 1. The fraction of sp³-hybridized carbons (Fsp3) is 0.467. The van der Waals surface area contributed by atoms with Crippen molar-refractivity contribution in [3.8, 4) is 5.75 Å². The van der Waals surface area contributed by atoms with E-state index in [4.69, 9.17) is 4.74 Å². The summed E-state index contributed by atoms with van der Waals surface area (Å²) < 4.78 is 5.10. The predicted molar refractivity (Wildman–Crippen MR) is 75.6 cm³/mol. The minimum Gasteiger partial charge on any atom is -0.508 e. The molecule has 0 radical (unpaired) electrons. The SMILES string of the molecule is CC(C)(C)OC(=O)NC(C=O)CCc1ccc(O)cc1. The molecule has 110 valence electrons. The summed E-state index contributed by atoms with van der Waals surface area (Å²) in [5.41, 5.74) is 0.398. The van der Waals surface area contributed by atoms with Crippen LogP contribution in [-0.4, -0.2) is 29.1 Å². The van der Waals surface area contributed by atoms with Crippen molar-refractivity contribution in [2.24, 2.45) is 0 Å². The van der Waals surface area contributed by atoms with Crippen LogP contribution in [0, 0.1) is 0 Å². The van der Waals surface area contributed by atoms with E-state index in [1.165, 1.54) is 0 Å². The molecule has 0 fully saturated rings. The second kappa shape index (κ2) is 6.93. The number of rotatable bonds is 5. The van der Waals surface area contributed by atoms with Crippen molar-refractivity contribution in [2.75, 3.05) is 0 Å². The van der Waals surface area contributed by atoms with Gasteiger partial charge in [0.15, 0.2) is 0 Å². The van der Waals surface area contributed by atoms with Crippen LogP contribution in [0.1, 0.15) is 32.8 Å². The second-order valence-corrected chi connectivity index (χ2v) is 5.59. The molecule has 1 rings (SSSR count). The van der Waals surface area contributed by atoms with Gasteiger partial charge in [-0.2, -0.15) is 0 Å². The van der Waals surface area contributed by atoms with Gasteiger partial charge in [-0.05, 0) is 51.3 Å². The van der Waals surface area contributed by atoms with Gasteiger partial charge in [-0.25, -0.2) is 4.79 Å². The third-order valence-electron chi connectivity index (χ3n) is 2.55. The van der Waals surface area contributed by atoms with Crippen LogP contribution in [0.3, 0.4) is 0 Å². The molecule has 0 spiro atoms. The number of aromatic hydroxyl groups is 1. The molecule has 0 aliphatic heterocycles. The number of carbonyl (C=O) groups is 2. The first-order valence-electron chi connectivity index (χ1n) is 6.53. The molecular weight excluding hydrogens is 258 g/mol. The van der Waals surface area contributed by atoms with Gasteiger partial charge in [-0.3, -0.25) is 0 Å². The summed E-state index contributed by atoms with van der Waals surface area (Å²) >= 11 is 0. The van der Waals surface area contributed by atoms with Crippen LogP contribution in [0.2, 0.25) is 0 Å². The third kappa shape index (κ3) is 6.22. The van der Waals surface area contributed by atoms with Gasteiger partial charge in [0.25, 0.3) is 0 Å². The minimum absolute atomic E-state index is 0.201. The zero-order chi connectivity index (χ0) is 15.2. The molecule has 5 heteroatoms. The number of amides is 1. The molecular formula is C15H21NO4. The van der Waals surface area contributed by atoms with Crippen LogP contribution < -0.4 is 5.32 Å². The van der Waals surface area contributed by atoms with Crippen LogP contribution in [-0.2, 0) is 16.0 Å². The number of phenolic OH excluding ortho intramolecular Hbond substituents is 1. The Morgan fingerprint density at radius 3 is 2.45 bits per heavy atom. The maximum atomic E-state index is 11.6. The highest BCUT2D eigenvalue weighted by Crippen LogP contribution is 2.12. The van der Waals surface area contributed by atoms with Gasteiger partial charge in [0, 0.05) is 0 Å². The van der Waals surface area contributed by atoms with Crippen LogP contribution >= 0.6 is 0 Å². The van der Waals surface area contributed by atoms with E-state index in [0.717, 1.165) is 5.56 Å². The normalized spacial score (nSPS) is 12.6. The molecule has 1 atom stereocenters. The first kappa shape index (κ1) is 16.0. The van der Waals surface area contributed by atoms with E-state index in [1.807, 2.05) is 0 Å². The minimum atomic E-state index is -0.597. The highest BCUT2D eigenvalue weighted by Gasteiger charge is 2.19. The summed E-state index contributed by atoms with van der Waals surface area (Å²) in [5.74, 6) is 0.201. The van der Waals surface area contributed by atoms with Crippen molar-refractivity contribution in [1.82, 2.24) is 5.32 Å². The maximum Gasteiger partial charge on any atom is 0.408 e. The van der Waals surface area contributed by atoms with E-state index >= 15 is 0 Å². The molecule has 2 N–H and O–H groups in total. The average molecular weight is 279 g/mol. The van der Waals surface area contributed by atoms with Gasteiger partial charge < -0.3 is 20.0 Å². The number of hydrogen-bond donors (Lipinski definition) is 2. The van der Waals surface area contributed by atoms with E-state index < -0.39 is 17.7 Å². The first-order valence-corrected chi connectivity index (χ1v) is 6.53. The van der Waals surface area contributed by atoms with Crippen molar-refractivity contribution in [3.05, 3.63) is 29.8 Å². The Morgan fingerprint density at radius 2 is 1.95 bits per heavy atom. The van der Waals surface area contributed by atoms with Gasteiger partial charge in [-0.1, -0.05) is 12.1 Å². The molecule has 1 unspecified atom stereocenters. The summed E-state index contributed by atoms with van der Waals surface area (Å²) in [6.45, 7) is 5.29. The number of carbonyl (C=O) groups excluding carboxylic acids is 2. The quantitative estimate of drug-likeness (QED) is 0.812. The number of aryl methyl sites for hydroxylation is 1. The molecule has 0 aromatic heterocycles. The van der Waals surface area contributed by atoms with Gasteiger partial charge in [0.1, 0.15) is 17.6 Å². The first-order chi connectivity index (χ1) is 9.30. The summed E-state index contributed by atoms with van der Waals surface area (Å²) in [7, 11) is 0. The molecule has 1 aromatic carbocycles. The maximum absolute atomic E-state index is 11.6. The van der Waals surface area contributed by atoms with Gasteiger partial charge in [0.05, 0.1) is 6.04 Å². The van der Waals surface area contributed by atoms with Crippen LogP contribution in [0.4, 0.5) is 4.79 Å². The Balaban J connectivity index is 2.45. The Bertz CT molecular complexity index is 448. The summed E-state index contributed by atoms with van der Waals surface area (Å²) in [6, 6.07) is 6.16. The second-order valence-electron chi connectivity index (χ2n) is 5.59. The zero-order valence-electron chi connectivity index (χ0n) is 12.1. The van der Waals surface area contributed by atoms with E-state index in [-0.39, 0.29) is 5.75 Å². The van der Waals surface area contributed by atoms with E-state index in [9.17, 15) is 14.7 Å². The highest BCUT2D eigenvalue weighted by atomic mass is 16.6. The summed E-state index contributed by atoms with van der Waals surface area (Å²) in [5, 5.41) is 11.7. The molecule has 0 saturated heterocycles. The molecule has 0 aliphatic rings. The molecule has 20 heavy (non-hydrogen) atoms. The van der Waals surface area contributed by atoms with Gasteiger partial charge >= 0.3 is 6.09 Å². The Hall–Kier alpha value is -2.04. The standard InChI is InChI=1S/C15H21NO4/c1-15(2,3)20-14(19)16-12(10-17)7-4-11-5-8-13(18)9-6-11/h5-6,8-10,12,18H,4,7H2,1-3H3,(H,16,19). The Labute approximate surface area is 118 Å². The average Bonchev–Trinajstić information content (AvgIpc) is 2.34. The lowest BCUT2D eigenvalue weighted by atomic mass is 10.1. The Morgan fingerprint density at radius 1 is 1.35 bits per heavy atom.